The highest BCUT2D eigenvalue weighted by molar-refractivity contribution is 5.93. The van der Waals surface area contributed by atoms with Crippen molar-refractivity contribution >= 4 is 16.9 Å². The number of carbonyl (C=O) groups excluding carboxylic acids is 1. The number of hydrogen-bond acceptors (Lipinski definition) is 5. The third-order valence-electron chi connectivity index (χ3n) is 6.04. The number of rotatable bonds is 6. The molecule has 2 aliphatic rings. The summed E-state index contributed by atoms with van der Waals surface area (Å²) in [6.07, 6.45) is 5.51. The van der Waals surface area contributed by atoms with Crippen LogP contribution in [0.2, 0.25) is 0 Å². The molecule has 0 aliphatic carbocycles. The van der Waals surface area contributed by atoms with Gasteiger partial charge in [-0.2, -0.15) is 0 Å². The minimum absolute atomic E-state index is 0.124. The molecule has 4 rings (SSSR count). The number of benzene rings is 1. The molecule has 0 radical (unpaired) electrons. The standard InChI is InChI=1S/C23H30N2O4/c1-3-28-23(27)20-15-25(21-7-6-16(2)11-19(21)22(20)26)13-17-8-9-24(12-17)14-18-5-4-10-29-18/h6-7,11,15,17-18H,3-5,8-10,12-14H2,1-2H3. The zero-order valence-corrected chi connectivity index (χ0v) is 17.4. The predicted molar refractivity (Wildman–Crippen MR) is 112 cm³/mol. The van der Waals surface area contributed by atoms with Crippen LogP contribution in [0.5, 0.6) is 0 Å². The van der Waals surface area contributed by atoms with Crippen LogP contribution in [0.1, 0.15) is 42.1 Å². The van der Waals surface area contributed by atoms with E-state index in [1.54, 1.807) is 13.1 Å². The number of hydrogen-bond donors (Lipinski definition) is 0. The fraction of sp³-hybridized carbons (Fsp3) is 0.565. The van der Waals surface area contributed by atoms with Gasteiger partial charge in [-0.1, -0.05) is 11.6 Å². The molecule has 0 amide bonds. The van der Waals surface area contributed by atoms with Crippen molar-refractivity contribution in [2.24, 2.45) is 5.92 Å². The van der Waals surface area contributed by atoms with Crippen LogP contribution < -0.4 is 5.43 Å². The Labute approximate surface area is 171 Å². The maximum Gasteiger partial charge on any atom is 0.343 e. The van der Waals surface area contributed by atoms with Crippen molar-refractivity contribution in [3.8, 4) is 0 Å². The number of fused-ring (bicyclic) bond motifs is 1. The molecule has 3 heterocycles. The molecule has 0 N–H and O–H groups in total. The molecular weight excluding hydrogens is 368 g/mol. The molecule has 29 heavy (non-hydrogen) atoms. The molecule has 2 aliphatic heterocycles. The average molecular weight is 399 g/mol. The average Bonchev–Trinajstić information content (AvgIpc) is 3.37. The van der Waals surface area contributed by atoms with Crippen molar-refractivity contribution in [2.75, 3.05) is 32.8 Å². The summed E-state index contributed by atoms with van der Waals surface area (Å²) in [5.74, 6) is -0.0560. The van der Waals surface area contributed by atoms with E-state index in [1.165, 1.54) is 6.42 Å². The van der Waals surface area contributed by atoms with Gasteiger partial charge in [0.1, 0.15) is 5.56 Å². The topological polar surface area (TPSA) is 60.8 Å². The molecular formula is C23H30N2O4. The summed E-state index contributed by atoms with van der Waals surface area (Å²) in [5, 5.41) is 0.588. The van der Waals surface area contributed by atoms with E-state index in [1.807, 2.05) is 25.1 Å². The Hall–Kier alpha value is -2.18. The maximum absolute atomic E-state index is 12.9. The Balaban J connectivity index is 1.58. The number of ether oxygens (including phenoxy) is 2. The summed E-state index contributed by atoms with van der Waals surface area (Å²) in [7, 11) is 0. The minimum Gasteiger partial charge on any atom is -0.462 e. The third kappa shape index (κ3) is 4.38. The second-order valence-electron chi connectivity index (χ2n) is 8.31. The second kappa shape index (κ2) is 8.67. The normalized spacial score (nSPS) is 22.4. The SMILES string of the molecule is CCOC(=O)c1cn(CC2CCN(CC3CCCO3)C2)c2ccc(C)cc2c1=O. The number of pyridine rings is 1. The van der Waals surface area contributed by atoms with E-state index in [-0.39, 0.29) is 17.6 Å². The van der Waals surface area contributed by atoms with Crippen LogP contribution in [0.4, 0.5) is 0 Å². The number of carbonyl (C=O) groups is 1. The smallest absolute Gasteiger partial charge is 0.343 e. The van der Waals surface area contributed by atoms with Gasteiger partial charge < -0.3 is 18.9 Å². The van der Waals surface area contributed by atoms with Crippen LogP contribution in [-0.2, 0) is 16.0 Å². The zero-order chi connectivity index (χ0) is 20.4. The third-order valence-corrected chi connectivity index (χ3v) is 6.04. The monoisotopic (exact) mass is 398 g/mol. The molecule has 1 aromatic carbocycles. The molecule has 2 fully saturated rings. The fourth-order valence-electron chi connectivity index (χ4n) is 4.60. The summed E-state index contributed by atoms with van der Waals surface area (Å²) in [6, 6.07) is 5.87. The van der Waals surface area contributed by atoms with E-state index in [9.17, 15) is 9.59 Å². The molecule has 2 unspecified atom stereocenters. The van der Waals surface area contributed by atoms with E-state index < -0.39 is 5.97 Å². The van der Waals surface area contributed by atoms with Crippen LogP contribution in [0, 0.1) is 12.8 Å². The Morgan fingerprint density at radius 2 is 2.14 bits per heavy atom. The first kappa shape index (κ1) is 20.1. The van der Waals surface area contributed by atoms with Crippen LogP contribution in [0.25, 0.3) is 10.9 Å². The van der Waals surface area contributed by atoms with Crippen molar-refractivity contribution in [2.45, 2.75) is 45.8 Å². The molecule has 0 bridgehead atoms. The summed E-state index contributed by atoms with van der Waals surface area (Å²) in [5.41, 5.74) is 1.76. The van der Waals surface area contributed by atoms with Crippen LogP contribution in [0.3, 0.4) is 0 Å². The lowest BCUT2D eigenvalue weighted by Gasteiger charge is -2.21. The van der Waals surface area contributed by atoms with E-state index in [4.69, 9.17) is 9.47 Å². The van der Waals surface area contributed by atoms with Crippen molar-refractivity contribution in [3.63, 3.8) is 0 Å². The molecule has 0 spiro atoms. The van der Waals surface area contributed by atoms with Gasteiger partial charge in [0.2, 0.25) is 5.43 Å². The van der Waals surface area contributed by atoms with Crippen molar-refractivity contribution in [3.05, 3.63) is 45.7 Å². The first-order valence-electron chi connectivity index (χ1n) is 10.7. The van der Waals surface area contributed by atoms with Crippen molar-refractivity contribution < 1.29 is 14.3 Å². The lowest BCUT2D eigenvalue weighted by molar-refractivity contribution is 0.0524. The molecule has 2 saturated heterocycles. The highest BCUT2D eigenvalue weighted by atomic mass is 16.5. The molecule has 6 nitrogen and oxygen atoms in total. The Morgan fingerprint density at radius 1 is 1.28 bits per heavy atom. The number of nitrogens with zero attached hydrogens (tertiary/aromatic N) is 2. The largest absolute Gasteiger partial charge is 0.462 e. The molecule has 1 aromatic heterocycles. The highest BCUT2D eigenvalue weighted by Crippen LogP contribution is 2.23. The van der Waals surface area contributed by atoms with Crippen LogP contribution in [0.15, 0.2) is 29.2 Å². The van der Waals surface area contributed by atoms with Gasteiger partial charge in [0, 0.05) is 37.8 Å². The maximum atomic E-state index is 12.9. The van der Waals surface area contributed by atoms with Crippen molar-refractivity contribution in [1.29, 1.82) is 0 Å². The van der Waals surface area contributed by atoms with Gasteiger partial charge in [-0.05, 0) is 57.7 Å². The van der Waals surface area contributed by atoms with Gasteiger partial charge in [0.15, 0.2) is 0 Å². The first-order chi connectivity index (χ1) is 14.0. The summed E-state index contributed by atoms with van der Waals surface area (Å²) in [6.45, 7) is 8.75. The number of likely N-dealkylation sites (tertiary alicyclic amines) is 1. The lowest BCUT2D eigenvalue weighted by atomic mass is 10.1. The fourth-order valence-corrected chi connectivity index (χ4v) is 4.60. The minimum atomic E-state index is -0.541. The van der Waals surface area contributed by atoms with E-state index in [0.29, 0.717) is 17.4 Å². The second-order valence-corrected chi connectivity index (χ2v) is 8.31. The number of aryl methyl sites for hydroxylation is 1. The summed E-state index contributed by atoms with van der Waals surface area (Å²) < 4.78 is 13.0. The molecule has 2 aromatic rings. The molecule has 0 saturated carbocycles. The Kier molecular flexibility index (Phi) is 6.01. The molecule has 156 valence electrons. The molecule has 2 atom stereocenters. The number of esters is 1. The zero-order valence-electron chi connectivity index (χ0n) is 17.4. The summed E-state index contributed by atoms with van der Waals surface area (Å²) >= 11 is 0. The van der Waals surface area contributed by atoms with Gasteiger partial charge in [-0.15, -0.1) is 0 Å². The van der Waals surface area contributed by atoms with Gasteiger partial charge in [0.25, 0.3) is 0 Å². The van der Waals surface area contributed by atoms with Gasteiger partial charge in [-0.25, -0.2) is 4.79 Å². The van der Waals surface area contributed by atoms with Crippen molar-refractivity contribution in [1.82, 2.24) is 9.47 Å². The van der Waals surface area contributed by atoms with E-state index >= 15 is 0 Å². The number of aromatic nitrogens is 1. The lowest BCUT2D eigenvalue weighted by Crippen LogP contribution is -2.31. The van der Waals surface area contributed by atoms with Crippen LogP contribution >= 0.6 is 0 Å². The van der Waals surface area contributed by atoms with Gasteiger partial charge in [-0.3, -0.25) is 4.79 Å². The van der Waals surface area contributed by atoms with Gasteiger partial charge >= 0.3 is 5.97 Å². The highest BCUT2D eigenvalue weighted by Gasteiger charge is 2.27. The Morgan fingerprint density at radius 3 is 2.90 bits per heavy atom. The van der Waals surface area contributed by atoms with E-state index in [2.05, 4.69) is 9.47 Å². The van der Waals surface area contributed by atoms with Crippen LogP contribution in [-0.4, -0.2) is 54.4 Å². The predicted octanol–water partition coefficient (Wildman–Crippen LogP) is 2.99. The quantitative estimate of drug-likeness (QED) is 0.700. The van der Waals surface area contributed by atoms with E-state index in [0.717, 1.165) is 56.7 Å². The molecule has 6 heteroatoms. The van der Waals surface area contributed by atoms with Gasteiger partial charge in [0.05, 0.1) is 18.2 Å². The Bertz CT molecular complexity index is 946. The summed E-state index contributed by atoms with van der Waals surface area (Å²) in [4.78, 5) is 27.8. The first-order valence-corrected chi connectivity index (χ1v) is 10.7.